The van der Waals surface area contributed by atoms with Gasteiger partial charge in [0.2, 0.25) is 0 Å². The number of rotatable bonds is 1. The van der Waals surface area contributed by atoms with E-state index in [4.69, 9.17) is 0 Å². The highest BCUT2D eigenvalue weighted by Gasteiger charge is 2.35. The second-order valence-corrected chi connectivity index (χ2v) is 6.07. The van der Waals surface area contributed by atoms with Crippen molar-refractivity contribution in [3.63, 3.8) is 0 Å². The van der Waals surface area contributed by atoms with Gasteiger partial charge in [0, 0.05) is 16.6 Å². The van der Waals surface area contributed by atoms with Crippen LogP contribution < -0.4 is 5.32 Å². The summed E-state index contributed by atoms with van der Waals surface area (Å²) in [6.07, 6.45) is 7.02. The molecule has 0 spiro atoms. The molecular formula is C14H18BrN. The molecule has 3 rings (SSSR count). The van der Waals surface area contributed by atoms with Crippen LogP contribution in [-0.2, 0) is 0 Å². The van der Waals surface area contributed by atoms with Crippen molar-refractivity contribution in [1.29, 1.82) is 0 Å². The Bertz CT molecular complexity index is 346. The summed E-state index contributed by atoms with van der Waals surface area (Å²) in [5.41, 5.74) is 1.46. The molecule has 86 valence electrons. The van der Waals surface area contributed by atoms with Gasteiger partial charge in [0.25, 0.3) is 0 Å². The first-order chi connectivity index (χ1) is 7.83. The van der Waals surface area contributed by atoms with Crippen LogP contribution in [0, 0.1) is 5.92 Å². The highest BCUT2D eigenvalue weighted by Crippen LogP contribution is 2.39. The van der Waals surface area contributed by atoms with E-state index in [2.05, 4.69) is 45.5 Å². The van der Waals surface area contributed by atoms with Crippen LogP contribution in [0.3, 0.4) is 0 Å². The lowest BCUT2D eigenvalue weighted by atomic mass is 9.84. The van der Waals surface area contributed by atoms with Crippen molar-refractivity contribution in [1.82, 2.24) is 5.32 Å². The second kappa shape index (κ2) is 4.50. The quantitative estimate of drug-likeness (QED) is 0.818. The van der Waals surface area contributed by atoms with Crippen molar-refractivity contribution in [2.75, 3.05) is 0 Å². The average Bonchev–Trinajstić information content (AvgIpc) is 2.73. The minimum atomic E-state index is 0.598. The monoisotopic (exact) mass is 279 g/mol. The van der Waals surface area contributed by atoms with Gasteiger partial charge >= 0.3 is 0 Å². The van der Waals surface area contributed by atoms with E-state index in [-0.39, 0.29) is 0 Å². The Morgan fingerprint density at radius 2 is 1.81 bits per heavy atom. The van der Waals surface area contributed by atoms with Crippen LogP contribution in [0.25, 0.3) is 0 Å². The first-order valence-electron chi connectivity index (χ1n) is 6.34. The zero-order valence-corrected chi connectivity index (χ0v) is 11.0. The van der Waals surface area contributed by atoms with Crippen LogP contribution in [0.2, 0.25) is 0 Å². The smallest absolute Gasteiger partial charge is 0.0325 e. The van der Waals surface area contributed by atoms with Crippen LogP contribution >= 0.6 is 15.9 Å². The van der Waals surface area contributed by atoms with E-state index in [1.807, 2.05) is 0 Å². The van der Waals surface area contributed by atoms with Crippen molar-refractivity contribution in [3.8, 4) is 0 Å². The lowest BCUT2D eigenvalue weighted by Crippen LogP contribution is -2.30. The first-order valence-corrected chi connectivity index (χ1v) is 7.14. The lowest BCUT2D eigenvalue weighted by molar-refractivity contribution is 0.325. The zero-order chi connectivity index (χ0) is 11.0. The Kier molecular flexibility index (Phi) is 3.03. The van der Waals surface area contributed by atoms with Crippen LogP contribution in [0.15, 0.2) is 28.7 Å². The molecule has 1 saturated carbocycles. The predicted molar refractivity (Wildman–Crippen MR) is 70.4 cm³/mol. The van der Waals surface area contributed by atoms with Gasteiger partial charge in [-0.3, -0.25) is 0 Å². The van der Waals surface area contributed by atoms with Gasteiger partial charge in [-0.2, -0.15) is 0 Å². The Morgan fingerprint density at radius 1 is 1.06 bits per heavy atom. The van der Waals surface area contributed by atoms with Gasteiger partial charge in [-0.05, 0) is 42.9 Å². The summed E-state index contributed by atoms with van der Waals surface area (Å²) in [7, 11) is 0. The maximum absolute atomic E-state index is 3.81. The minimum Gasteiger partial charge on any atom is -0.307 e. The summed E-state index contributed by atoms with van der Waals surface area (Å²) in [5.74, 6) is 0.933. The Hall–Kier alpha value is -0.340. The normalized spacial score (nSPS) is 33.7. The lowest BCUT2D eigenvalue weighted by Gasteiger charge is -2.24. The van der Waals surface area contributed by atoms with E-state index >= 15 is 0 Å². The van der Waals surface area contributed by atoms with Crippen molar-refractivity contribution >= 4 is 15.9 Å². The van der Waals surface area contributed by atoms with Crippen LogP contribution in [-0.4, -0.2) is 6.04 Å². The third-order valence-electron chi connectivity index (χ3n) is 4.14. The largest absolute Gasteiger partial charge is 0.307 e. The molecule has 0 radical (unpaired) electrons. The molecule has 3 atom stereocenters. The third kappa shape index (κ3) is 2.05. The Balaban J connectivity index is 1.75. The molecule has 1 aliphatic heterocycles. The highest BCUT2D eigenvalue weighted by molar-refractivity contribution is 9.10. The van der Waals surface area contributed by atoms with Gasteiger partial charge in [-0.25, -0.2) is 0 Å². The molecule has 3 unspecified atom stereocenters. The Labute approximate surface area is 106 Å². The maximum Gasteiger partial charge on any atom is 0.0325 e. The molecule has 0 amide bonds. The van der Waals surface area contributed by atoms with Crippen molar-refractivity contribution in [2.45, 2.75) is 44.2 Å². The van der Waals surface area contributed by atoms with E-state index in [0.29, 0.717) is 6.04 Å². The molecule has 1 aliphatic carbocycles. The number of nitrogens with one attached hydrogen (secondary N) is 1. The molecule has 1 aromatic carbocycles. The molecule has 1 saturated heterocycles. The predicted octanol–water partition coefficient (Wildman–Crippen LogP) is 4.04. The summed E-state index contributed by atoms with van der Waals surface area (Å²) in [4.78, 5) is 0. The molecule has 0 aromatic heterocycles. The van der Waals surface area contributed by atoms with Gasteiger partial charge in [0.1, 0.15) is 0 Å². The topological polar surface area (TPSA) is 12.0 Å². The molecule has 1 nitrogen and oxygen atoms in total. The zero-order valence-electron chi connectivity index (χ0n) is 9.45. The molecule has 2 heteroatoms. The molecule has 1 heterocycles. The molecule has 0 bridgehead atoms. The van der Waals surface area contributed by atoms with Crippen LogP contribution in [0.1, 0.15) is 43.7 Å². The summed E-state index contributed by atoms with van der Waals surface area (Å²) in [6, 6.07) is 10.2. The molecule has 2 fully saturated rings. The fraction of sp³-hybridized carbons (Fsp3) is 0.571. The molecule has 2 aliphatic rings. The fourth-order valence-corrected chi connectivity index (χ4v) is 3.53. The second-order valence-electron chi connectivity index (χ2n) is 5.16. The van der Waals surface area contributed by atoms with E-state index in [0.717, 1.165) is 12.0 Å². The van der Waals surface area contributed by atoms with E-state index in [1.54, 1.807) is 0 Å². The van der Waals surface area contributed by atoms with Crippen LogP contribution in [0.4, 0.5) is 0 Å². The van der Waals surface area contributed by atoms with Crippen LogP contribution in [0.5, 0.6) is 0 Å². The van der Waals surface area contributed by atoms with Crippen molar-refractivity contribution < 1.29 is 0 Å². The van der Waals surface area contributed by atoms with E-state index in [9.17, 15) is 0 Å². The number of halogens is 1. The standard InChI is InChI=1S/C14H18BrN/c15-12-7-5-10(6-8-12)14-9-11-3-1-2-4-13(11)16-14/h5-8,11,13-14,16H,1-4,9H2. The summed E-state index contributed by atoms with van der Waals surface area (Å²) < 4.78 is 1.17. The van der Waals surface area contributed by atoms with Gasteiger partial charge < -0.3 is 5.32 Å². The van der Waals surface area contributed by atoms with Gasteiger partial charge in [-0.15, -0.1) is 0 Å². The first kappa shape index (κ1) is 10.8. The average molecular weight is 280 g/mol. The SMILES string of the molecule is Brc1ccc(C2CC3CCCCC3N2)cc1. The summed E-state index contributed by atoms with van der Waals surface area (Å²) >= 11 is 3.49. The van der Waals surface area contributed by atoms with Gasteiger partial charge in [-0.1, -0.05) is 40.9 Å². The van der Waals surface area contributed by atoms with Gasteiger partial charge in [0.15, 0.2) is 0 Å². The summed E-state index contributed by atoms with van der Waals surface area (Å²) in [5, 5.41) is 3.81. The number of hydrogen-bond donors (Lipinski definition) is 1. The number of fused-ring (bicyclic) bond motifs is 1. The highest BCUT2D eigenvalue weighted by atomic mass is 79.9. The molecule has 1 aromatic rings. The fourth-order valence-electron chi connectivity index (χ4n) is 3.27. The van der Waals surface area contributed by atoms with E-state index < -0.39 is 0 Å². The van der Waals surface area contributed by atoms with Gasteiger partial charge in [0.05, 0.1) is 0 Å². The summed E-state index contributed by atoms with van der Waals surface area (Å²) in [6.45, 7) is 0. The number of benzene rings is 1. The minimum absolute atomic E-state index is 0.598. The molecular weight excluding hydrogens is 262 g/mol. The molecule has 16 heavy (non-hydrogen) atoms. The third-order valence-corrected chi connectivity index (χ3v) is 4.66. The Morgan fingerprint density at radius 3 is 2.56 bits per heavy atom. The molecule has 1 N–H and O–H groups in total. The van der Waals surface area contributed by atoms with Crippen molar-refractivity contribution in [3.05, 3.63) is 34.3 Å². The number of hydrogen-bond acceptors (Lipinski definition) is 1. The van der Waals surface area contributed by atoms with E-state index in [1.165, 1.54) is 42.1 Å². The van der Waals surface area contributed by atoms with Crippen molar-refractivity contribution in [2.24, 2.45) is 5.92 Å². The maximum atomic E-state index is 3.81.